The molecule has 0 atom stereocenters. The number of pyridine rings is 1. The Morgan fingerprint density at radius 2 is 2.00 bits per heavy atom. The van der Waals surface area contributed by atoms with Gasteiger partial charge in [-0.1, -0.05) is 12.1 Å². The minimum atomic E-state index is 0.0347. The smallest absolute Gasteiger partial charge is 0.251 e. The summed E-state index contributed by atoms with van der Waals surface area (Å²) in [6, 6.07) is 10.4. The van der Waals surface area contributed by atoms with Crippen LogP contribution >= 0.6 is 0 Å². The first-order chi connectivity index (χ1) is 11.3. The Balaban J connectivity index is 1.61. The minimum Gasteiger partial charge on any atom is -0.352 e. The molecule has 2 aromatic heterocycles. The maximum absolute atomic E-state index is 11.9. The van der Waals surface area contributed by atoms with Gasteiger partial charge in [-0.3, -0.25) is 4.79 Å². The van der Waals surface area contributed by atoms with Crippen molar-refractivity contribution in [1.82, 2.24) is 15.3 Å². The first-order valence-corrected chi connectivity index (χ1v) is 8.19. The van der Waals surface area contributed by atoms with Crippen LogP contribution in [0.3, 0.4) is 0 Å². The van der Waals surface area contributed by atoms with E-state index < -0.39 is 0 Å². The number of aromatic nitrogens is 2. The Hall–Kier alpha value is -2.62. The molecule has 0 spiro atoms. The van der Waals surface area contributed by atoms with Crippen LogP contribution in [-0.2, 0) is 6.42 Å². The maximum Gasteiger partial charge on any atom is 0.251 e. The Labute approximate surface area is 133 Å². The number of nitrogens with zero attached hydrogens (tertiary/aromatic N) is 1. The molecule has 1 saturated carbocycles. The molecule has 3 heterocycles. The van der Waals surface area contributed by atoms with E-state index in [2.05, 4.69) is 28.5 Å². The van der Waals surface area contributed by atoms with Crippen LogP contribution in [0, 0.1) is 0 Å². The van der Waals surface area contributed by atoms with Gasteiger partial charge in [0.25, 0.3) is 5.91 Å². The highest BCUT2D eigenvalue weighted by atomic mass is 16.1. The van der Waals surface area contributed by atoms with E-state index in [1.54, 1.807) is 0 Å². The third-order valence-corrected chi connectivity index (χ3v) is 4.90. The molecule has 1 amide bonds. The molecule has 0 bridgehead atoms. The molecule has 1 aromatic carbocycles. The van der Waals surface area contributed by atoms with Gasteiger partial charge >= 0.3 is 0 Å². The van der Waals surface area contributed by atoms with Crippen LogP contribution in [0.15, 0.2) is 36.5 Å². The number of H-pyrrole nitrogens is 1. The summed E-state index contributed by atoms with van der Waals surface area (Å²) in [7, 11) is 0. The van der Waals surface area contributed by atoms with E-state index in [1.807, 2.05) is 18.3 Å². The molecule has 4 heteroatoms. The predicted octanol–water partition coefficient (Wildman–Crippen LogP) is 3.39. The zero-order chi connectivity index (χ0) is 15.4. The average Bonchev–Trinajstić information content (AvgIpc) is 3.34. The van der Waals surface area contributed by atoms with Gasteiger partial charge in [-0.05, 0) is 48.6 Å². The van der Waals surface area contributed by atoms with Gasteiger partial charge in [0.2, 0.25) is 0 Å². The lowest BCUT2D eigenvalue weighted by Gasteiger charge is -2.17. The van der Waals surface area contributed by atoms with Crippen molar-refractivity contribution in [2.24, 2.45) is 0 Å². The summed E-state index contributed by atoms with van der Waals surface area (Å²) in [5.74, 6) is 0.695. The van der Waals surface area contributed by atoms with Crippen molar-refractivity contribution in [3.05, 3.63) is 53.3 Å². The van der Waals surface area contributed by atoms with Crippen LogP contribution in [0.25, 0.3) is 22.2 Å². The van der Waals surface area contributed by atoms with Crippen molar-refractivity contribution in [2.45, 2.75) is 25.2 Å². The number of aromatic amines is 1. The second kappa shape index (κ2) is 4.69. The summed E-state index contributed by atoms with van der Waals surface area (Å²) in [5, 5.41) is 4.04. The van der Waals surface area contributed by atoms with Crippen LogP contribution in [0.4, 0.5) is 0 Å². The molecule has 2 N–H and O–H groups in total. The fourth-order valence-corrected chi connectivity index (χ4v) is 3.46. The van der Waals surface area contributed by atoms with Crippen molar-refractivity contribution in [1.29, 1.82) is 0 Å². The summed E-state index contributed by atoms with van der Waals surface area (Å²) >= 11 is 0. The number of nitrogens with one attached hydrogen (secondary N) is 2. The molecule has 3 aromatic rings. The van der Waals surface area contributed by atoms with Gasteiger partial charge in [0.05, 0.1) is 0 Å². The quantitative estimate of drug-likeness (QED) is 0.762. The SMILES string of the molecule is O=C1NCCc2cc(-c3c[nH]c4nc(C5CC5)ccc34)ccc21. The Bertz CT molecular complexity index is 937. The van der Waals surface area contributed by atoms with Gasteiger partial charge in [-0.2, -0.15) is 0 Å². The first kappa shape index (κ1) is 12.9. The summed E-state index contributed by atoms with van der Waals surface area (Å²) in [6.45, 7) is 0.718. The van der Waals surface area contributed by atoms with E-state index >= 15 is 0 Å². The lowest BCUT2D eigenvalue weighted by Crippen LogP contribution is -2.31. The molecular weight excluding hydrogens is 286 g/mol. The molecule has 4 nitrogen and oxygen atoms in total. The Morgan fingerprint density at radius 3 is 2.87 bits per heavy atom. The number of benzene rings is 1. The molecule has 1 aliphatic heterocycles. The molecular formula is C19H17N3O. The van der Waals surface area contributed by atoms with Gasteiger partial charge in [0.1, 0.15) is 5.65 Å². The molecule has 0 radical (unpaired) electrons. The molecule has 1 fully saturated rings. The van der Waals surface area contributed by atoms with E-state index in [-0.39, 0.29) is 5.91 Å². The average molecular weight is 303 g/mol. The largest absolute Gasteiger partial charge is 0.352 e. The van der Waals surface area contributed by atoms with Crippen LogP contribution in [0.1, 0.15) is 40.4 Å². The zero-order valence-electron chi connectivity index (χ0n) is 12.7. The minimum absolute atomic E-state index is 0.0347. The molecule has 0 unspecified atom stereocenters. The van der Waals surface area contributed by atoms with Crippen molar-refractivity contribution >= 4 is 16.9 Å². The lowest BCUT2D eigenvalue weighted by atomic mass is 9.95. The predicted molar refractivity (Wildman–Crippen MR) is 89.5 cm³/mol. The van der Waals surface area contributed by atoms with Crippen LogP contribution < -0.4 is 5.32 Å². The van der Waals surface area contributed by atoms with Gasteiger partial charge in [0.15, 0.2) is 0 Å². The third-order valence-electron chi connectivity index (χ3n) is 4.90. The summed E-state index contributed by atoms with van der Waals surface area (Å²) < 4.78 is 0. The highest BCUT2D eigenvalue weighted by Gasteiger charge is 2.25. The molecule has 0 saturated heterocycles. The van der Waals surface area contributed by atoms with E-state index in [9.17, 15) is 4.79 Å². The number of amides is 1. The summed E-state index contributed by atoms with van der Waals surface area (Å²) in [5.41, 5.74) is 6.39. The molecule has 2 aliphatic rings. The number of fused-ring (bicyclic) bond motifs is 2. The van der Waals surface area contributed by atoms with Gasteiger partial charge in [-0.25, -0.2) is 4.98 Å². The zero-order valence-corrected chi connectivity index (χ0v) is 12.7. The van der Waals surface area contributed by atoms with E-state index in [0.717, 1.165) is 46.3 Å². The number of rotatable bonds is 2. The van der Waals surface area contributed by atoms with E-state index in [1.165, 1.54) is 18.5 Å². The normalized spacial score (nSPS) is 17.1. The van der Waals surface area contributed by atoms with Gasteiger partial charge < -0.3 is 10.3 Å². The highest BCUT2D eigenvalue weighted by Crippen LogP contribution is 2.40. The second-order valence-electron chi connectivity index (χ2n) is 6.49. The van der Waals surface area contributed by atoms with Crippen molar-refractivity contribution in [2.75, 3.05) is 6.54 Å². The Kier molecular flexibility index (Phi) is 2.62. The maximum atomic E-state index is 11.9. The van der Waals surface area contributed by atoms with Crippen molar-refractivity contribution in [3.63, 3.8) is 0 Å². The number of hydrogen-bond acceptors (Lipinski definition) is 2. The van der Waals surface area contributed by atoms with Gasteiger partial charge in [0, 0.05) is 40.9 Å². The molecule has 23 heavy (non-hydrogen) atoms. The van der Waals surface area contributed by atoms with Crippen LogP contribution in [-0.4, -0.2) is 22.4 Å². The number of carbonyl (C=O) groups excluding carboxylic acids is 1. The van der Waals surface area contributed by atoms with Crippen LogP contribution in [0.5, 0.6) is 0 Å². The fraction of sp³-hybridized carbons (Fsp3) is 0.263. The summed E-state index contributed by atoms with van der Waals surface area (Å²) in [6.07, 6.45) is 5.44. The third kappa shape index (κ3) is 2.05. The van der Waals surface area contributed by atoms with Crippen molar-refractivity contribution < 1.29 is 4.79 Å². The fourth-order valence-electron chi connectivity index (χ4n) is 3.46. The topological polar surface area (TPSA) is 57.8 Å². The monoisotopic (exact) mass is 303 g/mol. The molecule has 1 aliphatic carbocycles. The molecule has 5 rings (SSSR count). The standard InChI is InChI=1S/C19H17N3O/c23-19-14-4-3-12(9-13(14)7-8-20-19)16-10-21-18-15(16)5-6-17(22-18)11-1-2-11/h3-6,9-11H,1-2,7-8H2,(H,20,23)(H,21,22). The van der Waals surface area contributed by atoms with Crippen LogP contribution in [0.2, 0.25) is 0 Å². The highest BCUT2D eigenvalue weighted by molar-refractivity contribution is 5.99. The van der Waals surface area contributed by atoms with E-state index in [0.29, 0.717) is 5.92 Å². The first-order valence-electron chi connectivity index (χ1n) is 8.19. The second-order valence-corrected chi connectivity index (χ2v) is 6.49. The van der Waals surface area contributed by atoms with Crippen molar-refractivity contribution in [3.8, 4) is 11.1 Å². The van der Waals surface area contributed by atoms with E-state index in [4.69, 9.17) is 4.98 Å². The molecule has 114 valence electrons. The Morgan fingerprint density at radius 1 is 1.09 bits per heavy atom. The number of hydrogen-bond donors (Lipinski definition) is 2. The lowest BCUT2D eigenvalue weighted by molar-refractivity contribution is 0.0946. The summed E-state index contributed by atoms with van der Waals surface area (Å²) in [4.78, 5) is 19.9. The van der Waals surface area contributed by atoms with Gasteiger partial charge in [-0.15, -0.1) is 0 Å². The number of carbonyl (C=O) groups is 1.